The quantitative estimate of drug-likeness (QED) is 0.876. The minimum atomic E-state index is -0.0695. The number of hydrogen-bond acceptors (Lipinski definition) is 4. The van der Waals surface area contributed by atoms with Crippen molar-refractivity contribution in [3.8, 4) is 6.07 Å². The van der Waals surface area contributed by atoms with Crippen LogP contribution >= 0.6 is 11.3 Å². The summed E-state index contributed by atoms with van der Waals surface area (Å²) >= 11 is 1.64. The van der Waals surface area contributed by atoms with Gasteiger partial charge in [0.15, 0.2) is 0 Å². The normalized spacial score (nSPS) is 14.3. The van der Waals surface area contributed by atoms with E-state index in [0.29, 0.717) is 5.82 Å². The van der Waals surface area contributed by atoms with Gasteiger partial charge in [0, 0.05) is 23.3 Å². The van der Waals surface area contributed by atoms with Crippen molar-refractivity contribution in [2.24, 2.45) is 5.73 Å². The molecule has 0 aromatic carbocycles. The molecule has 2 unspecified atom stereocenters. The molecule has 0 aliphatic carbocycles. The second kappa shape index (κ2) is 4.47. The van der Waals surface area contributed by atoms with Gasteiger partial charge in [0.05, 0.1) is 6.04 Å². The first-order chi connectivity index (χ1) is 7.74. The molecule has 0 aliphatic rings. The van der Waals surface area contributed by atoms with E-state index in [2.05, 4.69) is 11.1 Å². The molecule has 0 spiro atoms. The van der Waals surface area contributed by atoms with Crippen LogP contribution < -0.4 is 5.73 Å². The first kappa shape index (κ1) is 10.9. The van der Waals surface area contributed by atoms with Crippen LogP contribution in [0.5, 0.6) is 0 Å². The Kier molecular flexibility index (Phi) is 3.04. The molecule has 2 aromatic rings. The maximum absolute atomic E-state index is 8.96. The van der Waals surface area contributed by atoms with E-state index < -0.39 is 0 Å². The summed E-state index contributed by atoms with van der Waals surface area (Å²) in [6, 6.07) is 6.00. The zero-order valence-electron chi connectivity index (χ0n) is 8.87. The molecule has 2 heterocycles. The van der Waals surface area contributed by atoms with Gasteiger partial charge in [0.2, 0.25) is 5.82 Å². The molecule has 0 radical (unpaired) electrons. The van der Waals surface area contributed by atoms with E-state index in [-0.39, 0.29) is 12.1 Å². The van der Waals surface area contributed by atoms with E-state index in [0.717, 1.165) is 4.88 Å². The number of hydrogen-bond donors (Lipinski definition) is 1. The van der Waals surface area contributed by atoms with Crippen molar-refractivity contribution < 1.29 is 0 Å². The highest BCUT2D eigenvalue weighted by Crippen LogP contribution is 2.26. The largest absolute Gasteiger partial charge is 0.326 e. The first-order valence-corrected chi connectivity index (χ1v) is 5.84. The summed E-state index contributed by atoms with van der Waals surface area (Å²) in [5.41, 5.74) is 5.99. The lowest BCUT2D eigenvalue weighted by molar-refractivity contribution is 0.499. The van der Waals surface area contributed by atoms with Crippen LogP contribution in [0.3, 0.4) is 0 Å². The SMILES string of the molecule is CC(N)C(c1cccs1)n1ccnc1C#N. The molecule has 2 rings (SSSR count). The Labute approximate surface area is 98.0 Å². The number of rotatable bonds is 3. The Morgan fingerprint density at radius 1 is 1.62 bits per heavy atom. The summed E-state index contributed by atoms with van der Waals surface area (Å²) in [6.45, 7) is 1.94. The van der Waals surface area contributed by atoms with Crippen molar-refractivity contribution in [3.05, 3.63) is 40.6 Å². The summed E-state index contributed by atoms with van der Waals surface area (Å²) in [5.74, 6) is 0.399. The monoisotopic (exact) mass is 232 g/mol. The molecule has 2 N–H and O–H groups in total. The van der Waals surface area contributed by atoms with Gasteiger partial charge < -0.3 is 10.3 Å². The second-order valence-corrected chi connectivity index (χ2v) is 4.57. The van der Waals surface area contributed by atoms with Crippen molar-refractivity contribution in [2.75, 3.05) is 0 Å². The van der Waals surface area contributed by atoms with E-state index in [1.54, 1.807) is 23.7 Å². The second-order valence-electron chi connectivity index (χ2n) is 3.59. The minimum absolute atomic E-state index is 0.0165. The van der Waals surface area contributed by atoms with E-state index in [4.69, 9.17) is 11.0 Å². The number of thiophene rings is 1. The molecule has 4 nitrogen and oxygen atoms in total. The fourth-order valence-corrected chi connectivity index (χ4v) is 2.67. The Balaban J connectivity index is 2.46. The number of nitriles is 1. The zero-order chi connectivity index (χ0) is 11.5. The van der Waals surface area contributed by atoms with Crippen LogP contribution in [0, 0.1) is 11.3 Å². The highest BCUT2D eigenvalue weighted by molar-refractivity contribution is 7.10. The van der Waals surface area contributed by atoms with Gasteiger partial charge >= 0.3 is 0 Å². The van der Waals surface area contributed by atoms with Crippen molar-refractivity contribution in [1.82, 2.24) is 9.55 Å². The smallest absolute Gasteiger partial charge is 0.213 e. The number of nitrogens with two attached hydrogens (primary N) is 1. The van der Waals surface area contributed by atoms with Gasteiger partial charge in [-0.05, 0) is 18.4 Å². The third-order valence-corrected chi connectivity index (χ3v) is 3.34. The van der Waals surface area contributed by atoms with Gasteiger partial charge in [-0.3, -0.25) is 0 Å². The number of nitrogens with zero attached hydrogens (tertiary/aromatic N) is 3. The molecule has 0 fully saturated rings. The molecule has 0 saturated heterocycles. The molecular formula is C11H12N4S. The van der Waals surface area contributed by atoms with Gasteiger partial charge in [-0.1, -0.05) is 6.07 Å². The average Bonchev–Trinajstić information content (AvgIpc) is 2.88. The van der Waals surface area contributed by atoms with Crippen molar-refractivity contribution >= 4 is 11.3 Å². The van der Waals surface area contributed by atoms with Gasteiger partial charge in [-0.15, -0.1) is 11.3 Å². The van der Waals surface area contributed by atoms with Gasteiger partial charge in [-0.25, -0.2) is 4.98 Å². The standard InChI is InChI=1S/C11H12N4S/c1-8(13)11(9-3-2-6-16-9)15-5-4-14-10(15)7-12/h2-6,8,11H,13H2,1H3. The van der Waals surface area contributed by atoms with Crippen LogP contribution in [0.4, 0.5) is 0 Å². The summed E-state index contributed by atoms with van der Waals surface area (Å²) < 4.78 is 1.83. The lowest BCUT2D eigenvalue weighted by Gasteiger charge is -2.21. The van der Waals surface area contributed by atoms with E-state index in [9.17, 15) is 0 Å². The minimum Gasteiger partial charge on any atom is -0.326 e. The lowest BCUT2D eigenvalue weighted by atomic mass is 10.1. The lowest BCUT2D eigenvalue weighted by Crippen LogP contribution is -2.30. The predicted octanol–water partition coefficient (Wildman–Crippen LogP) is 1.75. The highest BCUT2D eigenvalue weighted by atomic mass is 32.1. The molecule has 82 valence electrons. The van der Waals surface area contributed by atoms with Crippen LogP contribution in [0.1, 0.15) is 23.7 Å². The molecule has 2 aromatic heterocycles. The summed E-state index contributed by atoms with van der Waals surface area (Å²) in [4.78, 5) is 5.14. The average molecular weight is 232 g/mol. The third kappa shape index (κ3) is 1.85. The fraction of sp³-hybridized carbons (Fsp3) is 0.273. The van der Waals surface area contributed by atoms with Crippen LogP contribution in [0.25, 0.3) is 0 Å². The summed E-state index contributed by atoms with van der Waals surface area (Å²) in [7, 11) is 0. The summed E-state index contributed by atoms with van der Waals surface area (Å²) in [6.07, 6.45) is 3.42. The Bertz CT molecular complexity index is 492. The maximum atomic E-state index is 8.96. The number of imidazole rings is 1. The topological polar surface area (TPSA) is 67.6 Å². The predicted molar refractivity (Wildman–Crippen MR) is 63.0 cm³/mol. The summed E-state index contributed by atoms with van der Waals surface area (Å²) in [5, 5.41) is 11.0. The maximum Gasteiger partial charge on any atom is 0.213 e. The zero-order valence-corrected chi connectivity index (χ0v) is 9.69. The van der Waals surface area contributed by atoms with Gasteiger partial charge in [0.1, 0.15) is 6.07 Å². The Morgan fingerprint density at radius 2 is 2.44 bits per heavy atom. The molecule has 0 bridgehead atoms. The molecule has 5 heteroatoms. The van der Waals surface area contributed by atoms with Crippen LogP contribution in [0.15, 0.2) is 29.9 Å². The molecule has 16 heavy (non-hydrogen) atoms. The first-order valence-electron chi connectivity index (χ1n) is 4.96. The highest BCUT2D eigenvalue weighted by Gasteiger charge is 2.21. The Hall–Kier alpha value is -1.64. The third-order valence-electron chi connectivity index (χ3n) is 2.40. The molecule has 0 saturated carbocycles. The molecular weight excluding hydrogens is 220 g/mol. The number of aromatic nitrogens is 2. The van der Waals surface area contributed by atoms with Crippen molar-refractivity contribution in [3.63, 3.8) is 0 Å². The van der Waals surface area contributed by atoms with Gasteiger partial charge in [-0.2, -0.15) is 5.26 Å². The van der Waals surface area contributed by atoms with Crippen molar-refractivity contribution in [1.29, 1.82) is 5.26 Å². The molecule has 0 aliphatic heterocycles. The van der Waals surface area contributed by atoms with Crippen LogP contribution in [0.2, 0.25) is 0 Å². The van der Waals surface area contributed by atoms with Gasteiger partial charge in [0.25, 0.3) is 0 Å². The van der Waals surface area contributed by atoms with E-state index in [1.807, 2.05) is 29.0 Å². The Morgan fingerprint density at radius 3 is 3.00 bits per heavy atom. The molecule has 0 amide bonds. The van der Waals surface area contributed by atoms with Crippen LogP contribution in [-0.2, 0) is 0 Å². The van der Waals surface area contributed by atoms with Crippen molar-refractivity contribution in [2.45, 2.75) is 19.0 Å². The fourth-order valence-electron chi connectivity index (χ4n) is 1.73. The van der Waals surface area contributed by atoms with E-state index >= 15 is 0 Å². The molecule has 2 atom stereocenters. The van der Waals surface area contributed by atoms with E-state index in [1.165, 1.54) is 0 Å². The van der Waals surface area contributed by atoms with Crippen LogP contribution in [-0.4, -0.2) is 15.6 Å².